The van der Waals surface area contributed by atoms with E-state index in [0.29, 0.717) is 5.69 Å². The van der Waals surface area contributed by atoms with Crippen molar-refractivity contribution >= 4 is 44.3 Å². The molecule has 0 amide bonds. The number of carbonyl (C=O) groups excluding carboxylic acids is 1. The molecule has 0 bridgehead atoms. The summed E-state index contributed by atoms with van der Waals surface area (Å²) in [7, 11) is -2.66. The number of hydrogen-bond acceptors (Lipinski definition) is 4. The van der Waals surface area contributed by atoms with Gasteiger partial charge in [-0.15, -0.1) is 0 Å². The van der Waals surface area contributed by atoms with E-state index in [0.717, 1.165) is 3.57 Å². The van der Waals surface area contributed by atoms with Crippen LogP contribution in [0.15, 0.2) is 53.4 Å². The number of carbonyl (C=O) groups is 1. The molecule has 0 unspecified atom stereocenters. The van der Waals surface area contributed by atoms with E-state index in [-0.39, 0.29) is 10.5 Å². The number of rotatable bonds is 4. The van der Waals surface area contributed by atoms with Gasteiger partial charge < -0.3 is 4.74 Å². The fraction of sp³-hybridized carbons (Fsp3) is 0.0714. The first-order valence-electron chi connectivity index (χ1n) is 5.90. The van der Waals surface area contributed by atoms with Crippen LogP contribution in [0.2, 0.25) is 0 Å². The molecule has 0 saturated heterocycles. The molecule has 0 saturated carbocycles. The van der Waals surface area contributed by atoms with E-state index in [4.69, 9.17) is 0 Å². The minimum absolute atomic E-state index is 0.00184. The zero-order valence-electron chi connectivity index (χ0n) is 11.0. The van der Waals surface area contributed by atoms with Gasteiger partial charge in [-0.1, -0.05) is 12.1 Å². The first-order chi connectivity index (χ1) is 9.94. The van der Waals surface area contributed by atoms with Crippen LogP contribution >= 0.6 is 22.6 Å². The number of benzene rings is 2. The Morgan fingerprint density at radius 1 is 1.10 bits per heavy atom. The van der Waals surface area contributed by atoms with Crippen LogP contribution in [-0.4, -0.2) is 21.5 Å². The second-order valence-electron chi connectivity index (χ2n) is 4.10. The molecule has 0 aromatic heterocycles. The standard InChI is InChI=1S/C14H12INO4S/c1-20-14(17)12-4-2-3-5-13(12)21(18,19)16-11-8-6-10(15)7-9-11/h2-9,16H,1H3. The summed E-state index contributed by atoms with van der Waals surface area (Å²) in [5.74, 6) is -0.696. The minimum Gasteiger partial charge on any atom is -0.465 e. The van der Waals surface area contributed by atoms with Crippen LogP contribution in [0.4, 0.5) is 5.69 Å². The Bertz CT molecular complexity index is 757. The summed E-state index contributed by atoms with van der Waals surface area (Å²) in [5, 5.41) is 0. The summed E-state index contributed by atoms with van der Waals surface area (Å²) in [6.45, 7) is 0. The smallest absolute Gasteiger partial charge is 0.339 e. The average molecular weight is 417 g/mol. The van der Waals surface area contributed by atoms with Gasteiger partial charge in [-0.05, 0) is 59.0 Å². The summed E-state index contributed by atoms with van der Waals surface area (Å²) >= 11 is 2.13. The number of halogens is 1. The quantitative estimate of drug-likeness (QED) is 0.614. The number of ether oxygens (including phenoxy) is 1. The van der Waals surface area contributed by atoms with Crippen LogP contribution in [-0.2, 0) is 14.8 Å². The summed E-state index contributed by atoms with van der Waals surface area (Å²) in [6.07, 6.45) is 0. The van der Waals surface area contributed by atoms with Gasteiger partial charge in [0.2, 0.25) is 0 Å². The molecule has 2 aromatic carbocycles. The highest BCUT2D eigenvalue weighted by Gasteiger charge is 2.22. The third-order valence-electron chi connectivity index (χ3n) is 2.68. The zero-order chi connectivity index (χ0) is 15.5. The largest absolute Gasteiger partial charge is 0.465 e. The van der Waals surface area contributed by atoms with Gasteiger partial charge in [-0.3, -0.25) is 4.72 Å². The molecule has 1 N–H and O–H groups in total. The van der Waals surface area contributed by atoms with Crippen molar-refractivity contribution in [2.24, 2.45) is 0 Å². The Morgan fingerprint density at radius 3 is 2.33 bits per heavy atom. The lowest BCUT2D eigenvalue weighted by Crippen LogP contribution is -2.17. The number of esters is 1. The molecule has 0 atom stereocenters. The number of methoxy groups -OCH3 is 1. The highest BCUT2D eigenvalue weighted by molar-refractivity contribution is 14.1. The predicted octanol–water partition coefficient (Wildman–Crippen LogP) is 2.88. The van der Waals surface area contributed by atoms with E-state index in [9.17, 15) is 13.2 Å². The highest BCUT2D eigenvalue weighted by atomic mass is 127. The maximum absolute atomic E-state index is 12.4. The molecule has 21 heavy (non-hydrogen) atoms. The lowest BCUT2D eigenvalue weighted by atomic mass is 10.2. The first kappa shape index (κ1) is 15.8. The molecule has 0 fully saturated rings. The maximum Gasteiger partial charge on any atom is 0.339 e. The van der Waals surface area contributed by atoms with Gasteiger partial charge in [0.05, 0.1) is 12.7 Å². The fourth-order valence-corrected chi connectivity index (χ4v) is 3.32. The average Bonchev–Trinajstić information content (AvgIpc) is 2.48. The lowest BCUT2D eigenvalue weighted by Gasteiger charge is -2.11. The van der Waals surface area contributed by atoms with Crippen molar-refractivity contribution in [2.45, 2.75) is 4.90 Å². The topological polar surface area (TPSA) is 72.5 Å². The minimum atomic E-state index is -3.87. The van der Waals surface area contributed by atoms with Crippen LogP contribution in [0.5, 0.6) is 0 Å². The molecule has 0 radical (unpaired) electrons. The Balaban J connectivity index is 2.40. The summed E-state index contributed by atoms with van der Waals surface area (Å²) in [4.78, 5) is 11.5. The Hall–Kier alpha value is -1.61. The molecule has 2 rings (SSSR count). The van der Waals surface area contributed by atoms with Crippen molar-refractivity contribution in [3.63, 3.8) is 0 Å². The van der Waals surface area contributed by atoms with Crippen LogP contribution in [0.25, 0.3) is 0 Å². The number of nitrogens with one attached hydrogen (secondary N) is 1. The lowest BCUT2D eigenvalue weighted by molar-refractivity contribution is 0.0596. The molecule has 0 aliphatic heterocycles. The number of sulfonamides is 1. The summed E-state index contributed by atoms with van der Waals surface area (Å²) in [5.41, 5.74) is 0.424. The van der Waals surface area contributed by atoms with E-state index < -0.39 is 16.0 Å². The number of anilines is 1. The molecule has 0 spiro atoms. The molecule has 2 aromatic rings. The van der Waals surface area contributed by atoms with Gasteiger partial charge in [-0.25, -0.2) is 13.2 Å². The van der Waals surface area contributed by atoms with Gasteiger partial charge in [0.1, 0.15) is 4.90 Å². The highest BCUT2D eigenvalue weighted by Crippen LogP contribution is 2.21. The molecule has 0 heterocycles. The zero-order valence-corrected chi connectivity index (χ0v) is 14.0. The second kappa shape index (κ2) is 6.44. The Morgan fingerprint density at radius 2 is 1.71 bits per heavy atom. The monoisotopic (exact) mass is 417 g/mol. The van der Waals surface area contributed by atoms with E-state index in [1.807, 2.05) is 0 Å². The molecule has 5 nitrogen and oxygen atoms in total. The van der Waals surface area contributed by atoms with Crippen molar-refractivity contribution in [3.8, 4) is 0 Å². The normalized spacial score (nSPS) is 11.0. The molecular formula is C14H12INO4S. The predicted molar refractivity (Wildman–Crippen MR) is 87.7 cm³/mol. The van der Waals surface area contributed by atoms with Crippen LogP contribution in [0.1, 0.15) is 10.4 Å². The van der Waals surface area contributed by atoms with Gasteiger partial charge >= 0.3 is 5.97 Å². The third-order valence-corrected chi connectivity index (χ3v) is 4.84. The second-order valence-corrected chi connectivity index (χ2v) is 7.00. The van der Waals surface area contributed by atoms with Crippen LogP contribution in [0, 0.1) is 3.57 Å². The van der Waals surface area contributed by atoms with Crippen molar-refractivity contribution < 1.29 is 17.9 Å². The van der Waals surface area contributed by atoms with Gasteiger partial charge in [0, 0.05) is 9.26 Å². The van der Waals surface area contributed by atoms with Gasteiger partial charge in [-0.2, -0.15) is 0 Å². The van der Waals surface area contributed by atoms with Gasteiger partial charge in [0.25, 0.3) is 10.0 Å². The molecule has 7 heteroatoms. The van der Waals surface area contributed by atoms with Gasteiger partial charge in [0.15, 0.2) is 0 Å². The third kappa shape index (κ3) is 3.73. The van der Waals surface area contributed by atoms with E-state index >= 15 is 0 Å². The SMILES string of the molecule is COC(=O)c1ccccc1S(=O)(=O)Nc1ccc(I)cc1. The number of hydrogen-bond donors (Lipinski definition) is 1. The summed E-state index contributed by atoms with van der Waals surface area (Å²) in [6, 6.07) is 12.8. The first-order valence-corrected chi connectivity index (χ1v) is 8.46. The van der Waals surface area contributed by atoms with E-state index in [1.165, 1.54) is 19.2 Å². The molecule has 0 aliphatic carbocycles. The Kier molecular flexibility index (Phi) is 4.84. The van der Waals surface area contributed by atoms with Crippen molar-refractivity contribution in [2.75, 3.05) is 11.8 Å². The molecule has 110 valence electrons. The fourth-order valence-electron chi connectivity index (χ4n) is 1.71. The van der Waals surface area contributed by atoms with Crippen LogP contribution in [0.3, 0.4) is 0 Å². The van der Waals surface area contributed by atoms with E-state index in [2.05, 4.69) is 32.0 Å². The molecular weight excluding hydrogens is 405 g/mol. The van der Waals surface area contributed by atoms with Crippen molar-refractivity contribution in [1.82, 2.24) is 0 Å². The van der Waals surface area contributed by atoms with Crippen molar-refractivity contribution in [1.29, 1.82) is 0 Å². The molecule has 0 aliphatic rings. The Labute approximate surface area is 136 Å². The summed E-state index contributed by atoms with van der Waals surface area (Å²) < 4.78 is 32.9. The maximum atomic E-state index is 12.4. The van der Waals surface area contributed by atoms with Crippen molar-refractivity contribution in [3.05, 3.63) is 57.7 Å². The van der Waals surface area contributed by atoms with Crippen LogP contribution < -0.4 is 4.72 Å². The van der Waals surface area contributed by atoms with E-state index in [1.54, 1.807) is 36.4 Å².